The summed E-state index contributed by atoms with van der Waals surface area (Å²) in [6, 6.07) is -0.627. The number of methoxy groups -OCH3 is 1. The molecule has 52 heavy (non-hydrogen) atoms. The second kappa shape index (κ2) is 41.2. The van der Waals surface area contributed by atoms with E-state index in [1.807, 2.05) is 0 Å². The second-order valence-corrected chi connectivity index (χ2v) is 14.3. The van der Waals surface area contributed by atoms with Crippen LogP contribution >= 0.6 is 0 Å². The van der Waals surface area contributed by atoms with E-state index < -0.39 is 6.04 Å². The van der Waals surface area contributed by atoms with Crippen LogP contribution in [0.1, 0.15) is 187 Å². The van der Waals surface area contributed by atoms with Gasteiger partial charge < -0.3 is 20.1 Å². The fourth-order valence-corrected chi connectivity index (χ4v) is 5.86. The Balaban J connectivity index is 4.26. The summed E-state index contributed by atoms with van der Waals surface area (Å²) in [5.41, 5.74) is 0.829. The van der Waals surface area contributed by atoms with E-state index in [-0.39, 0.29) is 18.4 Å². The standard InChI is InChI=1S/C46H82N2O4/c1-5-7-9-11-13-15-17-19-21-23-25-27-29-31-33-36-41-52-46(50)44(42-47-45(49)39-35-37-40-51-4)48-43(3)38-34-32-30-28-26-24-22-20-18-16-14-12-10-8-6-2/h13-16,19-22,44,48H,3,5-12,17-18,23-42H2,1-2,4H3,(H,47,49)/b15-13-,16-14-,21-19-,22-20-. The van der Waals surface area contributed by atoms with Crippen LogP contribution in [0.5, 0.6) is 0 Å². The van der Waals surface area contributed by atoms with Gasteiger partial charge in [0.2, 0.25) is 5.91 Å². The molecule has 0 aromatic heterocycles. The zero-order valence-corrected chi connectivity index (χ0v) is 34.2. The van der Waals surface area contributed by atoms with Crippen LogP contribution in [0.25, 0.3) is 0 Å². The molecule has 6 heteroatoms. The maximum absolute atomic E-state index is 13.1. The number of rotatable bonds is 39. The van der Waals surface area contributed by atoms with Crippen molar-refractivity contribution in [1.29, 1.82) is 0 Å². The Bertz CT molecular complexity index is 939. The predicted molar refractivity (Wildman–Crippen MR) is 224 cm³/mol. The van der Waals surface area contributed by atoms with Crippen LogP contribution in [0.2, 0.25) is 0 Å². The molecule has 0 heterocycles. The maximum Gasteiger partial charge on any atom is 0.330 e. The van der Waals surface area contributed by atoms with Crippen LogP contribution in [0.4, 0.5) is 0 Å². The first-order valence-electron chi connectivity index (χ1n) is 21.5. The molecule has 1 atom stereocenters. The van der Waals surface area contributed by atoms with E-state index in [1.54, 1.807) is 7.11 Å². The van der Waals surface area contributed by atoms with Crippen molar-refractivity contribution in [2.24, 2.45) is 0 Å². The Kier molecular flexibility index (Phi) is 39.1. The SMILES string of the molecule is C=C(CCCCCCC/C=C\C/C=C\CCCCC)NC(CNC(=O)CCCCOC)C(=O)OCCCCCCCC/C=C\C/C=C\CCCCC. The van der Waals surface area contributed by atoms with Gasteiger partial charge in [-0.15, -0.1) is 0 Å². The minimum atomic E-state index is -0.627. The van der Waals surface area contributed by atoms with Crippen LogP contribution in [0.15, 0.2) is 60.9 Å². The van der Waals surface area contributed by atoms with Crippen molar-refractivity contribution in [3.8, 4) is 0 Å². The number of nitrogens with one attached hydrogen (secondary N) is 2. The highest BCUT2D eigenvalue weighted by molar-refractivity contribution is 5.79. The largest absolute Gasteiger partial charge is 0.464 e. The summed E-state index contributed by atoms with van der Waals surface area (Å²) in [6.07, 6.45) is 48.5. The summed E-state index contributed by atoms with van der Waals surface area (Å²) in [5.74, 6) is -0.372. The lowest BCUT2D eigenvalue weighted by Crippen LogP contribution is -2.46. The number of carbonyl (C=O) groups is 2. The van der Waals surface area contributed by atoms with Crippen molar-refractivity contribution >= 4 is 11.9 Å². The third-order valence-corrected chi connectivity index (χ3v) is 9.19. The number of hydrogen-bond acceptors (Lipinski definition) is 5. The van der Waals surface area contributed by atoms with Gasteiger partial charge in [0, 0.05) is 32.4 Å². The smallest absolute Gasteiger partial charge is 0.330 e. The van der Waals surface area contributed by atoms with Crippen LogP contribution < -0.4 is 10.6 Å². The summed E-state index contributed by atoms with van der Waals surface area (Å²) < 4.78 is 10.7. The minimum Gasteiger partial charge on any atom is -0.464 e. The Labute approximate surface area is 321 Å². The first kappa shape index (κ1) is 49.4. The maximum atomic E-state index is 13.1. The lowest BCUT2D eigenvalue weighted by molar-refractivity contribution is -0.146. The van der Waals surface area contributed by atoms with Crippen molar-refractivity contribution in [2.45, 2.75) is 193 Å². The first-order valence-corrected chi connectivity index (χ1v) is 21.5. The first-order chi connectivity index (χ1) is 25.5. The highest BCUT2D eigenvalue weighted by Crippen LogP contribution is 2.12. The average Bonchev–Trinajstić information content (AvgIpc) is 3.14. The van der Waals surface area contributed by atoms with Crippen LogP contribution in [-0.2, 0) is 19.1 Å². The van der Waals surface area contributed by atoms with Crippen molar-refractivity contribution < 1.29 is 19.1 Å². The zero-order valence-electron chi connectivity index (χ0n) is 34.2. The minimum absolute atomic E-state index is 0.0554. The number of ether oxygens (including phenoxy) is 2. The predicted octanol–water partition coefficient (Wildman–Crippen LogP) is 12.6. The summed E-state index contributed by atoms with van der Waals surface area (Å²) in [7, 11) is 1.67. The van der Waals surface area contributed by atoms with Crippen LogP contribution in [-0.4, -0.2) is 44.8 Å². The second-order valence-electron chi connectivity index (χ2n) is 14.3. The van der Waals surface area contributed by atoms with Crippen LogP contribution in [0, 0.1) is 0 Å². The molecule has 0 aliphatic carbocycles. The van der Waals surface area contributed by atoms with E-state index in [2.05, 4.69) is 79.7 Å². The molecule has 0 radical (unpaired) electrons. The fourth-order valence-electron chi connectivity index (χ4n) is 5.86. The Morgan fingerprint density at radius 1 is 0.558 bits per heavy atom. The molecule has 6 nitrogen and oxygen atoms in total. The number of carbonyl (C=O) groups excluding carboxylic acids is 2. The Morgan fingerprint density at radius 3 is 1.52 bits per heavy atom. The van der Waals surface area contributed by atoms with Crippen molar-refractivity contribution in [3.63, 3.8) is 0 Å². The quantitative estimate of drug-likeness (QED) is 0.0375. The van der Waals surface area contributed by atoms with Gasteiger partial charge in [0.1, 0.15) is 6.04 Å². The molecule has 0 aliphatic rings. The lowest BCUT2D eigenvalue weighted by atomic mass is 10.1. The number of hydrogen-bond donors (Lipinski definition) is 2. The summed E-state index contributed by atoms with van der Waals surface area (Å²) in [5, 5.41) is 6.20. The molecule has 1 amide bonds. The Hall–Kier alpha value is -2.60. The molecule has 0 bridgehead atoms. The molecule has 0 aromatic rings. The van der Waals surface area contributed by atoms with Crippen LogP contribution in [0.3, 0.4) is 0 Å². The molecule has 300 valence electrons. The molecule has 0 saturated heterocycles. The number of unbranched alkanes of at least 4 members (excludes halogenated alkanes) is 18. The van der Waals surface area contributed by atoms with Crippen molar-refractivity contribution in [1.82, 2.24) is 10.6 Å². The molecular formula is C46H82N2O4. The van der Waals surface area contributed by atoms with E-state index in [1.165, 1.54) is 89.9 Å². The molecule has 1 unspecified atom stereocenters. The molecule has 2 N–H and O–H groups in total. The van der Waals surface area contributed by atoms with Crippen molar-refractivity contribution in [3.05, 3.63) is 60.9 Å². The van der Waals surface area contributed by atoms with Gasteiger partial charge in [-0.2, -0.15) is 0 Å². The number of amides is 1. The monoisotopic (exact) mass is 727 g/mol. The summed E-state index contributed by atoms with van der Waals surface area (Å²) >= 11 is 0. The molecule has 0 rings (SSSR count). The van der Waals surface area contributed by atoms with Gasteiger partial charge >= 0.3 is 5.97 Å². The molecular weight excluding hydrogens is 645 g/mol. The fraction of sp³-hybridized carbons (Fsp3) is 0.739. The van der Waals surface area contributed by atoms with Gasteiger partial charge in [0.25, 0.3) is 0 Å². The molecule has 0 aromatic carbocycles. The van der Waals surface area contributed by atoms with Gasteiger partial charge in [-0.05, 0) is 96.3 Å². The molecule has 0 saturated carbocycles. The summed E-state index contributed by atoms with van der Waals surface area (Å²) in [4.78, 5) is 25.5. The topological polar surface area (TPSA) is 76.7 Å². The van der Waals surface area contributed by atoms with Gasteiger partial charge in [-0.1, -0.05) is 140 Å². The van der Waals surface area contributed by atoms with Gasteiger partial charge in [-0.25, -0.2) is 4.79 Å². The third kappa shape index (κ3) is 37.2. The van der Waals surface area contributed by atoms with E-state index >= 15 is 0 Å². The van der Waals surface area contributed by atoms with Gasteiger partial charge in [0.05, 0.1) is 6.61 Å². The molecule has 0 fully saturated rings. The van der Waals surface area contributed by atoms with E-state index in [4.69, 9.17) is 9.47 Å². The highest BCUT2D eigenvalue weighted by atomic mass is 16.5. The third-order valence-electron chi connectivity index (χ3n) is 9.19. The molecule has 0 aliphatic heterocycles. The number of allylic oxidation sites excluding steroid dienone is 9. The highest BCUT2D eigenvalue weighted by Gasteiger charge is 2.21. The van der Waals surface area contributed by atoms with E-state index in [0.717, 1.165) is 82.7 Å². The average molecular weight is 727 g/mol. The van der Waals surface area contributed by atoms with Gasteiger partial charge in [0.15, 0.2) is 0 Å². The summed E-state index contributed by atoms with van der Waals surface area (Å²) in [6.45, 7) is 9.94. The lowest BCUT2D eigenvalue weighted by Gasteiger charge is -2.21. The Morgan fingerprint density at radius 2 is 1.00 bits per heavy atom. The normalized spacial score (nSPS) is 12.4. The van der Waals surface area contributed by atoms with Gasteiger partial charge in [-0.3, -0.25) is 4.79 Å². The zero-order chi connectivity index (χ0) is 38.0. The molecule has 0 spiro atoms. The van der Waals surface area contributed by atoms with E-state index in [9.17, 15) is 9.59 Å². The van der Waals surface area contributed by atoms with E-state index in [0.29, 0.717) is 19.6 Å². The van der Waals surface area contributed by atoms with Crippen molar-refractivity contribution in [2.75, 3.05) is 26.9 Å². The number of esters is 1.